The number of aromatic nitrogens is 3. The summed E-state index contributed by atoms with van der Waals surface area (Å²) >= 11 is 0. The van der Waals surface area contributed by atoms with E-state index in [4.69, 9.17) is 0 Å². The first-order chi connectivity index (χ1) is 18.5. The molecule has 15 heteroatoms. The molecule has 0 atom stereocenters. The van der Waals surface area contributed by atoms with Crippen molar-refractivity contribution in [2.75, 3.05) is 35.8 Å². The maximum absolute atomic E-state index is 11.1. The molecule has 4 rings (SSSR count). The van der Waals surface area contributed by atoms with E-state index in [-0.39, 0.29) is 34.9 Å². The number of rotatable bonds is 9. The summed E-state index contributed by atoms with van der Waals surface area (Å²) in [6.07, 6.45) is 0. The second-order valence-corrected chi connectivity index (χ2v) is 8.23. The van der Waals surface area contributed by atoms with Crippen molar-refractivity contribution < 1.29 is 14.8 Å². The van der Waals surface area contributed by atoms with Crippen LogP contribution in [0.2, 0.25) is 0 Å². The van der Waals surface area contributed by atoms with E-state index in [2.05, 4.69) is 15.0 Å². The van der Waals surface area contributed by atoms with Gasteiger partial charge in [0.25, 0.3) is 17.1 Å². The minimum Gasteiger partial charge on any atom is -0.313 e. The highest BCUT2D eigenvalue weighted by atomic mass is 16.6. The van der Waals surface area contributed by atoms with Crippen molar-refractivity contribution in [3.63, 3.8) is 0 Å². The fraction of sp³-hybridized carbons (Fsp3) is 0.125. The van der Waals surface area contributed by atoms with Gasteiger partial charge in [-0.1, -0.05) is 0 Å². The maximum atomic E-state index is 11.1. The van der Waals surface area contributed by atoms with Gasteiger partial charge >= 0.3 is 0 Å². The van der Waals surface area contributed by atoms with Crippen LogP contribution in [-0.4, -0.2) is 50.9 Å². The number of non-ortho nitro benzene ring substituents is 3. The zero-order valence-electron chi connectivity index (χ0n) is 20.9. The van der Waals surface area contributed by atoms with Crippen LogP contribution in [0.3, 0.4) is 0 Å². The smallest absolute Gasteiger partial charge is 0.269 e. The molecular weight excluding hydrogens is 510 g/mol. The van der Waals surface area contributed by atoms with Crippen molar-refractivity contribution in [2.24, 2.45) is 0 Å². The van der Waals surface area contributed by atoms with Crippen molar-refractivity contribution in [3.8, 4) is 0 Å². The van der Waals surface area contributed by atoms with E-state index < -0.39 is 14.8 Å². The van der Waals surface area contributed by atoms with Gasteiger partial charge in [-0.3, -0.25) is 30.3 Å². The quantitative estimate of drug-likeness (QED) is 0.211. The molecule has 0 aliphatic rings. The zero-order valence-corrected chi connectivity index (χ0v) is 20.9. The van der Waals surface area contributed by atoms with Crippen LogP contribution in [0.5, 0.6) is 0 Å². The minimum absolute atomic E-state index is 0.0695. The van der Waals surface area contributed by atoms with Gasteiger partial charge in [-0.05, 0) is 36.4 Å². The minimum atomic E-state index is -0.499. The van der Waals surface area contributed by atoms with E-state index in [1.165, 1.54) is 36.4 Å². The highest BCUT2D eigenvalue weighted by molar-refractivity contribution is 5.66. The molecule has 0 saturated heterocycles. The lowest BCUT2D eigenvalue weighted by atomic mass is 10.2. The molecule has 0 amide bonds. The Morgan fingerprint density at radius 2 is 0.667 bits per heavy atom. The van der Waals surface area contributed by atoms with E-state index >= 15 is 0 Å². The Morgan fingerprint density at radius 1 is 0.462 bits per heavy atom. The van der Waals surface area contributed by atoms with Crippen LogP contribution in [-0.2, 0) is 0 Å². The molecule has 0 aliphatic carbocycles. The van der Waals surface area contributed by atoms with Crippen LogP contribution < -0.4 is 14.7 Å². The van der Waals surface area contributed by atoms with Crippen molar-refractivity contribution in [2.45, 2.75) is 0 Å². The van der Waals surface area contributed by atoms with Crippen molar-refractivity contribution in [1.82, 2.24) is 15.0 Å². The molecule has 0 aliphatic heterocycles. The predicted molar refractivity (Wildman–Crippen MR) is 143 cm³/mol. The Bertz CT molecular complexity index is 1330. The fourth-order valence-electron chi connectivity index (χ4n) is 3.53. The largest absolute Gasteiger partial charge is 0.313 e. The van der Waals surface area contributed by atoms with Gasteiger partial charge in [0.15, 0.2) is 0 Å². The topological polar surface area (TPSA) is 178 Å². The molecule has 198 valence electrons. The average Bonchev–Trinajstić information content (AvgIpc) is 2.95. The van der Waals surface area contributed by atoms with Crippen LogP contribution in [0.4, 0.5) is 52.0 Å². The molecule has 0 bridgehead atoms. The highest BCUT2D eigenvalue weighted by Gasteiger charge is 2.20. The van der Waals surface area contributed by atoms with Gasteiger partial charge in [0.1, 0.15) is 0 Å². The van der Waals surface area contributed by atoms with Gasteiger partial charge in [0.2, 0.25) is 17.8 Å². The first kappa shape index (κ1) is 26.3. The monoisotopic (exact) mass is 531 g/mol. The Hall–Kier alpha value is -5.73. The highest BCUT2D eigenvalue weighted by Crippen LogP contribution is 2.31. The number of anilines is 6. The molecular formula is C24H21N9O6. The summed E-state index contributed by atoms with van der Waals surface area (Å²) in [5, 5.41) is 33.2. The van der Waals surface area contributed by atoms with Gasteiger partial charge in [-0.2, -0.15) is 15.0 Å². The van der Waals surface area contributed by atoms with E-state index in [0.717, 1.165) is 0 Å². The Kier molecular flexibility index (Phi) is 7.23. The Balaban J connectivity index is 1.77. The number of nitro groups is 3. The lowest BCUT2D eigenvalue weighted by molar-refractivity contribution is -0.385. The third-order valence-electron chi connectivity index (χ3n) is 5.84. The van der Waals surface area contributed by atoms with E-state index in [1.54, 1.807) is 72.2 Å². The molecule has 0 fully saturated rings. The normalized spacial score (nSPS) is 10.5. The van der Waals surface area contributed by atoms with Gasteiger partial charge < -0.3 is 14.7 Å². The van der Waals surface area contributed by atoms with E-state index in [0.29, 0.717) is 17.1 Å². The molecule has 0 N–H and O–H groups in total. The van der Waals surface area contributed by atoms with Gasteiger partial charge in [0, 0.05) is 74.6 Å². The first-order valence-electron chi connectivity index (χ1n) is 11.3. The number of hydrogen-bond acceptors (Lipinski definition) is 12. The van der Waals surface area contributed by atoms with Crippen LogP contribution in [0.1, 0.15) is 0 Å². The molecule has 1 heterocycles. The molecule has 4 aromatic rings. The fourth-order valence-corrected chi connectivity index (χ4v) is 3.53. The summed E-state index contributed by atoms with van der Waals surface area (Å²) in [6.45, 7) is 0. The predicted octanol–water partition coefficient (Wildman–Crippen LogP) is 4.90. The molecule has 39 heavy (non-hydrogen) atoms. The van der Waals surface area contributed by atoms with Gasteiger partial charge in [0.05, 0.1) is 14.8 Å². The van der Waals surface area contributed by atoms with Gasteiger partial charge in [-0.15, -0.1) is 0 Å². The summed E-state index contributed by atoms with van der Waals surface area (Å²) < 4.78 is 0. The number of nitro benzene ring substituents is 3. The lowest BCUT2D eigenvalue weighted by Gasteiger charge is -2.24. The van der Waals surface area contributed by atoms with Crippen LogP contribution in [0, 0.1) is 30.3 Å². The van der Waals surface area contributed by atoms with E-state index in [1.807, 2.05) is 0 Å². The van der Waals surface area contributed by atoms with E-state index in [9.17, 15) is 30.3 Å². The third-order valence-corrected chi connectivity index (χ3v) is 5.84. The summed E-state index contributed by atoms with van der Waals surface area (Å²) in [6, 6.07) is 17.5. The molecule has 0 spiro atoms. The molecule has 3 aromatic carbocycles. The number of benzene rings is 3. The average molecular weight is 531 g/mol. The molecule has 0 radical (unpaired) electrons. The second-order valence-electron chi connectivity index (χ2n) is 8.23. The lowest BCUT2D eigenvalue weighted by Crippen LogP contribution is -2.22. The molecule has 0 saturated carbocycles. The summed E-state index contributed by atoms with van der Waals surface area (Å²) in [5.74, 6) is 0.601. The van der Waals surface area contributed by atoms with Crippen molar-refractivity contribution in [1.29, 1.82) is 0 Å². The standard InChI is InChI=1S/C24H21N9O6/c1-28(16-4-10-19(11-5-16)31(34)35)22-25-23(29(2)17-6-12-20(13-7-17)32(36)37)27-24(26-22)30(3)18-8-14-21(15-9-18)33(38)39/h4-15H,1-3H3. The Labute approximate surface area is 221 Å². The molecule has 1 aromatic heterocycles. The first-order valence-corrected chi connectivity index (χ1v) is 11.3. The molecule has 0 unspecified atom stereocenters. The Morgan fingerprint density at radius 3 is 0.846 bits per heavy atom. The van der Waals surface area contributed by atoms with Crippen LogP contribution in [0.25, 0.3) is 0 Å². The van der Waals surface area contributed by atoms with Crippen molar-refractivity contribution >= 4 is 52.0 Å². The summed E-state index contributed by atoms with van der Waals surface area (Å²) in [5.41, 5.74) is 1.50. The maximum Gasteiger partial charge on any atom is 0.269 e. The zero-order chi connectivity index (χ0) is 28.3. The van der Waals surface area contributed by atoms with Crippen LogP contribution >= 0.6 is 0 Å². The summed E-state index contributed by atoms with van der Waals surface area (Å²) in [4.78, 5) is 50.2. The SMILES string of the molecule is CN(c1ccc([N+](=O)[O-])cc1)c1nc(N(C)c2ccc([N+](=O)[O-])cc2)nc(N(C)c2ccc([N+](=O)[O-])cc2)n1. The number of nitrogens with zero attached hydrogens (tertiary/aromatic N) is 9. The molecule has 15 nitrogen and oxygen atoms in total. The van der Waals surface area contributed by atoms with Crippen molar-refractivity contribution in [3.05, 3.63) is 103 Å². The third kappa shape index (κ3) is 5.66. The summed E-state index contributed by atoms with van der Waals surface area (Å²) in [7, 11) is 5.05. The van der Waals surface area contributed by atoms with Gasteiger partial charge in [-0.25, -0.2) is 0 Å². The second kappa shape index (κ2) is 10.7. The van der Waals surface area contributed by atoms with Crippen LogP contribution in [0.15, 0.2) is 72.8 Å². The number of hydrogen-bond donors (Lipinski definition) is 0.